The minimum atomic E-state index is -1.27. The maximum absolute atomic E-state index is 11.4. The fourth-order valence-corrected chi connectivity index (χ4v) is 2.21. The van der Waals surface area contributed by atoms with Crippen molar-refractivity contribution in [3.63, 3.8) is 0 Å². The van der Waals surface area contributed by atoms with Crippen LogP contribution in [-0.2, 0) is 23.9 Å². The van der Waals surface area contributed by atoms with Crippen molar-refractivity contribution >= 4 is 17.8 Å². The lowest BCUT2D eigenvalue weighted by molar-refractivity contribution is -0.172. The largest absolute Gasteiger partial charge is 0.463 e. The van der Waals surface area contributed by atoms with E-state index < -0.39 is 42.0 Å². The van der Waals surface area contributed by atoms with Gasteiger partial charge in [-0.25, -0.2) is 5.06 Å². The Hall–Kier alpha value is -1.67. The Bertz CT molecular complexity index is 397. The molecule has 1 amide bonds. The first-order chi connectivity index (χ1) is 9.23. The van der Waals surface area contributed by atoms with Crippen LogP contribution in [0.25, 0.3) is 0 Å². The van der Waals surface area contributed by atoms with Gasteiger partial charge in [0.2, 0.25) is 5.91 Å². The zero-order valence-corrected chi connectivity index (χ0v) is 11.6. The van der Waals surface area contributed by atoms with Crippen LogP contribution in [0.4, 0.5) is 0 Å². The van der Waals surface area contributed by atoms with Crippen molar-refractivity contribution in [2.45, 2.75) is 45.4 Å². The number of carbonyl (C=O) groups excluding carboxylic acids is 3. The summed E-state index contributed by atoms with van der Waals surface area (Å²) in [7, 11) is 0. The Morgan fingerprint density at radius 3 is 2.40 bits per heavy atom. The zero-order valence-electron chi connectivity index (χ0n) is 11.6. The van der Waals surface area contributed by atoms with Crippen LogP contribution in [0.5, 0.6) is 0 Å². The third-order valence-electron chi connectivity index (χ3n) is 3.23. The van der Waals surface area contributed by atoms with Crippen LogP contribution in [0.3, 0.4) is 0 Å². The van der Waals surface area contributed by atoms with Crippen molar-refractivity contribution in [1.82, 2.24) is 5.06 Å². The Labute approximate surface area is 116 Å². The quantitative estimate of drug-likeness (QED) is 0.516. The van der Waals surface area contributed by atoms with Crippen LogP contribution in [0.15, 0.2) is 0 Å². The van der Waals surface area contributed by atoms with Gasteiger partial charge in [-0.3, -0.25) is 19.6 Å². The Morgan fingerprint density at radius 1 is 1.40 bits per heavy atom. The number of ether oxygens (including phenoxy) is 2. The predicted molar refractivity (Wildman–Crippen MR) is 64.4 cm³/mol. The van der Waals surface area contributed by atoms with Crippen molar-refractivity contribution in [3.8, 4) is 0 Å². The van der Waals surface area contributed by atoms with E-state index in [1.807, 2.05) is 0 Å². The van der Waals surface area contributed by atoms with E-state index in [4.69, 9.17) is 4.74 Å². The van der Waals surface area contributed by atoms with E-state index in [0.29, 0.717) is 5.06 Å². The molecule has 0 aromatic heterocycles. The van der Waals surface area contributed by atoms with Gasteiger partial charge in [0.1, 0.15) is 18.8 Å². The molecule has 1 fully saturated rings. The summed E-state index contributed by atoms with van der Waals surface area (Å²) in [5.74, 6) is -2.31. The molecular formula is C12H19NO7. The average molecular weight is 289 g/mol. The lowest BCUT2D eigenvalue weighted by Crippen LogP contribution is -2.44. The van der Waals surface area contributed by atoms with Crippen LogP contribution in [0.1, 0.15) is 27.2 Å². The van der Waals surface area contributed by atoms with Gasteiger partial charge >= 0.3 is 11.9 Å². The average Bonchev–Trinajstić information content (AvgIpc) is 2.60. The third kappa shape index (κ3) is 3.91. The third-order valence-corrected chi connectivity index (χ3v) is 3.23. The molecule has 0 bridgehead atoms. The van der Waals surface area contributed by atoms with E-state index in [-0.39, 0.29) is 13.0 Å². The molecule has 8 heteroatoms. The molecule has 1 aliphatic heterocycles. The number of aliphatic hydroxyl groups excluding tert-OH is 1. The summed E-state index contributed by atoms with van der Waals surface area (Å²) in [5, 5.41) is 20.0. The first-order valence-corrected chi connectivity index (χ1v) is 6.23. The molecule has 1 heterocycles. The number of aliphatic hydroxyl groups is 1. The molecule has 20 heavy (non-hydrogen) atoms. The summed E-state index contributed by atoms with van der Waals surface area (Å²) < 4.78 is 9.70. The van der Waals surface area contributed by atoms with Crippen molar-refractivity contribution in [2.24, 2.45) is 5.92 Å². The lowest BCUT2D eigenvalue weighted by atomic mass is 9.91. The molecule has 0 radical (unpaired) electrons. The van der Waals surface area contributed by atoms with Crippen molar-refractivity contribution in [1.29, 1.82) is 0 Å². The minimum Gasteiger partial charge on any atom is -0.463 e. The molecule has 1 saturated heterocycles. The van der Waals surface area contributed by atoms with Gasteiger partial charge in [-0.15, -0.1) is 0 Å². The molecule has 0 aromatic rings. The van der Waals surface area contributed by atoms with Gasteiger partial charge in [-0.05, 0) is 6.92 Å². The molecule has 0 spiro atoms. The van der Waals surface area contributed by atoms with E-state index in [0.717, 1.165) is 0 Å². The molecule has 4 atom stereocenters. The van der Waals surface area contributed by atoms with Gasteiger partial charge < -0.3 is 14.6 Å². The smallest absolute Gasteiger partial charge is 0.303 e. The highest BCUT2D eigenvalue weighted by Gasteiger charge is 2.45. The summed E-state index contributed by atoms with van der Waals surface area (Å²) in [6.07, 6.45) is -2.37. The Kier molecular flexibility index (Phi) is 5.46. The van der Waals surface area contributed by atoms with Crippen LogP contribution in [-0.4, -0.2) is 58.1 Å². The Morgan fingerprint density at radius 2 is 2.00 bits per heavy atom. The Balaban J connectivity index is 2.81. The van der Waals surface area contributed by atoms with Gasteiger partial charge in [-0.2, -0.15) is 0 Å². The predicted octanol–water partition coefficient (Wildman–Crippen LogP) is -0.532. The summed E-state index contributed by atoms with van der Waals surface area (Å²) >= 11 is 0. The van der Waals surface area contributed by atoms with Gasteiger partial charge in [0.05, 0.1) is 6.04 Å². The molecule has 0 aliphatic carbocycles. The van der Waals surface area contributed by atoms with Crippen molar-refractivity contribution < 1.29 is 34.2 Å². The summed E-state index contributed by atoms with van der Waals surface area (Å²) in [5.41, 5.74) is 0. The number of hydrogen-bond acceptors (Lipinski definition) is 7. The molecule has 114 valence electrons. The second-order valence-electron chi connectivity index (χ2n) is 4.79. The second-order valence-corrected chi connectivity index (χ2v) is 4.79. The number of rotatable bonds is 5. The minimum absolute atomic E-state index is 0.0628. The topological polar surface area (TPSA) is 113 Å². The maximum Gasteiger partial charge on any atom is 0.303 e. The molecule has 1 rings (SSSR count). The highest BCUT2D eigenvalue weighted by atomic mass is 16.6. The standard InChI is InChI=1S/C12H19NO7/c1-6-9(4-11(17)13(6)18)12(20-8(3)15)10(16)5-19-7(2)14/h6,9-10,12,16,18H,4-5H2,1-3H3/t6-,9-,10+,12-/m0/s1. The van der Waals surface area contributed by atoms with Crippen LogP contribution in [0, 0.1) is 5.92 Å². The fraction of sp³-hybridized carbons (Fsp3) is 0.750. The molecule has 0 aromatic carbocycles. The number of hydroxylamine groups is 2. The summed E-state index contributed by atoms with van der Waals surface area (Å²) in [4.78, 5) is 33.3. The van der Waals surface area contributed by atoms with Gasteiger partial charge in [0.15, 0.2) is 0 Å². The van der Waals surface area contributed by atoms with Crippen LogP contribution >= 0.6 is 0 Å². The molecule has 0 saturated carbocycles. The van der Waals surface area contributed by atoms with Crippen LogP contribution < -0.4 is 0 Å². The fourth-order valence-electron chi connectivity index (χ4n) is 2.21. The van der Waals surface area contributed by atoms with Gasteiger partial charge in [0, 0.05) is 26.2 Å². The monoisotopic (exact) mass is 289 g/mol. The van der Waals surface area contributed by atoms with Gasteiger partial charge in [-0.1, -0.05) is 0 Å². The molecule has 0 unspecified atom stereocenters. The van der Waals surface area contributed by atoms with E-state index in [1.54, 1.807) is 6.92 Å². The summed E-state index contributed by atoms with van der Waals surface area (Å²) in [6.45, 7) is 3.58. The first-order valence-electron chi connectivity index (χ1n) is 6.23. The summed E-state index contributed by atoms with van der Waals surface area (Å²) in [6, 6.07) is -0.612. The number of nitrogens with zero attached hydrogens (tertiary/aromatic N) is 1. The molecule has 2 N–H and O–H groups in total. The first kappa shape index (κ1) is 16.4. The molecule has 8 nitrogen and oxygen atoms in total. The van der Waals surface area contributed by atoms with Crippen molar-refractivity contribution in [3.05, 3.63) is 0 Å². The van der Waals surface area contributed by atoms with Gasteiger partial charge in [0.25, 0.3) is 0 Å². The zero-order chi connectivity index (χ0) is 15.4. The number of amides is 1. The van der Waals surface area contributed by atoms with E-state index in [1.165, 1.54) is 13.8 Å². The molecular weight excluding hydrogens is 270 g/mol. The molecule has 1 aliphatic rings. The number of hydrogen-bond donors (Lipinski definition) is 2. The van der Waals surface area contributed by atoms with E-state index in [9.17, 15) is 24.7 Å². The van der Waals surface area contributed by atoms with Crippen molar-refractivity contribution in [2.75, 3.05) is 6.61 Å². The second kappa shape index (κ2) is 6.67. The van der Waals surface area contributed by atoms with E-state index >= 15 is 0 Å². The SMILES string of the molecule is CC(=O)OC[C@@H](O)[C@@H](OC(C)=O)[C@H]1CC(=O)N(O)[C@H]1C. The normalized spacial score (nSPS) is 25.2. The number of esters is 2. The highest BCUT2D eigenvalue weighted by molar-refractivity contribution is 5.78. The lowest BCUT2D eigenvalue weighted by Gasteiger charge is -2.29. The maximum atomic E-state index is 11.4. The van der Waals surface area contributed by atoms with Crippen LogP contribution in [0.2, 0.25) is 0 Å². The highest BCUT2D eigenvalue weighted by Crippen LogP contribution is 2.30. The van der Waals surface area contributed by atoms with E-state index in [2.05, 4.69) is 4.74 Å². The number of carbonyl (C=O) groups is 3.